The zero-order valence-electron chi connectivity index (χ0n) is 38.6. The number of rotatable bonds is 50. The van der Waals surface area contributed by atoms with Gasteiger partial charge in [-0.25, -0.2) is 0 Å². The molecule has 3 nitrogen and oxygen atoms in total. The van der Waals surface area contributed by atoms with Crippen molar-refractivity contribution in [2.24, 2.45) is 0 Å². The van der Waals surface area contributed by atoms with Crippen molar-refractivity contribution in [1.82, 2.24) is 0 Å². The summed E-state index contributed by atoms with van der Waals surface area (Å²) in [5, 5.41) is 8.82. The van der Waals surface area contributed by atoms with Crippen LogP contribution in [0.4, 0.5) is 0 Å². The Morgan fingerprint density at radius 3 is 0.893 bits per heavy atom. The lowest BCUT2D eigenvalue weighted by molar-refractivity contribution is -0.143. The van der Waals surface area contributed by atoms with Crippen molar-refractivity contribution in [2.45, 2.75) is 309 Å². The van der Waals surface area contributed by atoms with Crippen molar-refractivity contribution >= 4 is 5.97 Å². The van der Waals surface area contributed by atoms with Gasteiger partial charge in [-0.2, -0.15) is 0 Å². The Kier molecular flexibility index (Phi) is 51.4. The number of unbranched alkanes of at least 4 members (excludes halogenated alkanes) is 43. The van der Waals surface area contributed by atoms with Gasteiger partial charge in [0.05, 0.1) is 6.61 Å². The highest BCUT2D eigenvalue weighted by Gasteiger charge is 2.03. The smallest absolute Gasteiger partial charge is 0.305 e. The molecule has 0 amide bonds. The van der Waals surface area contributed by atoms with E-state index in [0.29, 0.717) is 19.6 Å². The number of ether oxygens (including phenoxy) is 1. The van der Waals surface area contributed by atoms with Crippen LogP contribution in [0.2, 0.25) is 0 Å². The Hall–Kier alpha value is -0.830. The molecule has 0 unspecified atom stereocenters. The molecule has 0 fully saturated rings. The first kappa shape index (κ1) is 55.2. The third-order valence-electron chi connectivity index (χ3n) is 12.2. The third kappa shape index (κ3) is 51.2. The van der Waals surface area contributed by atoms with Gasteiger partial charge in [-0.05, 0) is 44.9 Å². The third-order valence-corrected chi connectivity index (χ3v) is 12.2. The Balaban J connectivity index is 3.15. The van der Waals surface area contributed by atoms with Gasteiger partial charge in [0.25, 0.3) is 0 Å². The average Bonchev–Trinajstić information content (AvgIpc) is 3.20. The van der Waals surface area contributed by atoms with Crippen LogP contribution in [0.1, 0.15) is 309 Å². The van der Waals surface area contributed by atoms with Crippen LogP contribution < -0.4 is 0 Å². The maximum atomic E-state index is 12.0. The number of esters is 1. The molecule has 0 spiro atoms. The van der Waals surface area contributed by atoms with E-state index < -0.39 is 0 Å². The number of allylic oxidation sites excluding steroid dienone is 2. The Labute approximate surface area is 353 Å². The van der Waals surface area contributed by atoms with Crippen molar-refractivity contribution in [3.8, 4) is 0 Å². The largest absolute Gasteiger partial charge is 0.466 e. The van der Waals surface area contributed by atoms with Crippen molar-refractivity contribution in [3.05, 3.63) is 12.2 Å². The summed E-state index contributed by atoms with van der Waals surface area (Å²) in [6.07, 6.45) is 68.0. The Morgan fingerprint density at radius 2 is 0.589 bits per heavy atom. The summed E-state index contributed by atoms with van der Waals surface area (Å²) >= 11 is 0. The molecule has 0 aromatic carbocycles. The molecule has 1 N–H and O–H groups in total. The highest BCUT2D eigenvalue weighted by Crippen LogP contribution is 2.17. The average molecular weight is 789 g/mol. The van der Waals surface area contributed by atoms with Crippen LogP contribution in [-0.2, 0) is 9.53 Å². The van der Waals surface area contributed by atoms with E-state index in [0.717, 1.165) is 19.3 Å². The van der Waals surface area contributed by atoms with E-state index in [4.69, 9.17) is 9.84 Å². The minimum atomic E-state index is 0.0233. The van der Waals surface area contributed by atoms with Crippen LogP contribution in [0, 0.1) is 0 Å². The molecule has 56 heavy (non-hydrogen) atoms. The van der Waals surface area contributed by atoms with Crippen molar-refractivity contribution in [1.29, 1.82) is 0 Å². The molecule has 334 valence electrons. The minimum absolute atomic E-state index is 0.0233. The van der Waals surface area contributed by atoms with Gasteiger partial charge in [0.15, 0.2) is 0 Å². The lowest BCUT2D eigenvalue weighted by Crippen LogP contribution is -2.05. The number of hydrogen-bond acceptors (Lipinski definition) is 3. The van der Waals surface area contributed by atoms with Gasteiger partial charge in [-0.15, -0.1) is 0 Å². The van der Waals surface area contributed by atoms with Gasteiger partial charge in [0.2, 0.25) is 0 Å². The lowest BCUT2D eigenvalue weighted by Gasteiger charge is -2.06. The highest BCUT2D eigenvalue weighted by atomic mass is 16.5. The van der Waals surface area contributed by atoms with Crippen LogP contribution in [-0.4, -0.2) is 24.3 Å². The van der Waals surface area contributed by atoms with Gasteiger partial charge in [-0.3, -0.25) is 4.79 Å². The second kappa shape index (κ2) is 52.2. The number of hydrogen-bond donors (Lipinski definition) is 1. The highest BCUT2D eigenvalue weighted by molar-refractivity contribution is 5.69. The zero-order chi connectivity index (χ0) is 40.3. The molecule has 0 rings (SSSR count). The molecule has 0 aromatic heterocycles. The van der Waals surface area contributed by atoms with E-state index in [1.807, 2.05) is 0 Å². The fourth-order valence-corrected chi connectivity index (χ4v) is 8.29. The molecule has 0 saturated carbocycles. The van der Waals surface area contributed by atoms with Crippen LogP contribution in [0.15, 0.2) is 12.2 Å². The SMILES string of the molecule is CCCCCCCCC=CCCCCCCCCCC(=O)OCCCCCCCCCCCCCCCCCCCCCCCCCCCCCCCCCO. The minimum Gasteiger partial charge on any atom is -0.466 e. The van der Waals surface area contributed by atoms with Crippen LogP contribution in [0.3, 0.4) is 0 Å². The van der Waals surface area contributed by atoms with Gasteiger partial charge in [-0.1, -0.05) is 269 Å². The first-order valence-electron chi connectivity index (χ1n) is 26.2. The maximum absolute atomic E-state index is 12.0. The normalized spacial score (nSPS) is 11.7. The van der Waals surface area contributed by atoms with E-state index >= 15 is 0 Å². The van der Waals surface area contributed by atoms with Crippen LogP contribution in [0.25, 0.3) is 0 Å². The molecule has 0 aliphatic heterocycles. The Bertz CT molecular complexity index is 732. The van der Waals surface area contributed by atoms with Crippen molar-refractivity contribution in [2.75, 3.05) is 13.2 Å². The summed E-state index contributed by atoms with van der Waals surface area (Å²) in [6.45, 7) is 3.28. The van der Waals surface area contributed by atoms with Crippen LogP contribution in [0.5, 0.6) is 0 Å². The summed E-state index contributed by atoms with van der Waals surface area (Å²) in [5.41, 5.74) is 0. The monoisotopic (exact) mass is 789 g/mol. The maximum Gasteiger partial charge on any atom is 0.305 e. The molecule has 0 radical (unpaired) electrons. The number of carbonyl (C=O) groups is 1. The van der Waals surface area contributed by atoms with Gasteiger partial charge < -0.3 is 9.84 Å². The van der Waals surface area contributed by atoms with E-state index in [-0.39, 0.29) is 5.97 Å². The summed E-state index contributed by atoms with van der Waals surface area (Å²) in [6, 6.07) is 0. The molecular formula is C53H104O3. The fourth-order valence-electron chi connectivity index (χ4n) is 8.29. The molecule has 0 aliphatic rings. The molecule has 0 aromatic rings. The van der Waals surface area contributed by atoms with Gasteiger partial charge in [0, 0.05) is 13.0 Å². The summed E-state index contributed by atoms with van der Waals surface area (Å²) < 4.78 is 5.49. The van der Waals surface area contributed by atoms with E-state index in [2.05, 4.69) is 19.1 Å². The molecule has 0 heterocycles. The summed E-state index contributed by atoms with van der Waals surface area (Å²) in [5.74, 6) is 0.0233. The predicted octanol–water partition coefficient (Wildman–Crippen LogP) is 18.4. The van der Waals surface area contributed by atoms with Crippen LogP contribution >= 0.6 is 0 Å². The van der Waals surface area contributed by atoms with E-state index in [1.54, 1.807) is 0 Å². The molecular weight excluding hydrogens is 685 g/mol. The molecule has 0 bridgehead atoms. The van der Waals surface area contributed by atoms with Crippen molar-refractivity contribution in [3.63, 3.8) is 0 Å². The lowest BCUT2D eigenvalue weighted by atomic mass is 10.0. The quantitative estimate of drug-likeness (QED) is 0.0379. The molecule has 0 aliphatic carbocycles. The molecule has 3 heteroatoms. The Morgan fingerprint density at radius 1 is 0.339 bits per heavy atom. The summed E-state index contributed by atoms with van der Waals surface area (Å²) in [4.78, 5) is 12.0. The van der Waals surface area contributed by atoms with E-state index in [9.17, 15) is 4.79 Å². The topological polar surface area (TPSA) is 46.5 Å². The second-order valence-corrected chi connectivity index (χ2v) is 17.9. The summed E-state index contributed by atoms with van der Waals surface area (Å²) in [7, 11) is 0. The molecule has 0 atom stereocenters. The standard InChI is InChI=1S/C53H104O3/c1-2-3-4-5-6-7-8-9-10-26-29-32-35-38-41-44-47-50-53(55)56-52-49-46-43-40-37-34-31-28-25-23-21-19-17-15-13-11-12-14-16-18-20-22-24-27-30-33-36-39-42-45-48-51-54/h9-10,54H,2-8,11-52H2,1H3. The van der Waals surface area contributed by atoms with Gasteiger partial charge in [0.1, 0.15) is 0 Å². The fraction of sp³-hybridized carbons (Fsp3) is 0.943. The predicted molar refractivity (Wildman–Crippen MR) is 250 cm³/mol. The number of carbonyl (C=O) groups excluding carboxylic acids is 1. The first-order chi connectivity index (χ1) is 27.8. The second-order valence-electron chi connectivity index (χ2n) is 17.9. The molecule has 0 saturated heterocycles. The first-order valence-corrected chi connectivity index (χ1v) is 26.2. The van der Waals surface area contributed by atoms with Crippen molar-refractivity contribution < 1.29 is 14.6 Å². The van der Waals surface area contributed by atoms with Gasteiger partial charge >= 0.3 is 5.97 Å². The van der Waals surface area contributed by atoms with E-state index in [1.165, 1.54) is 276 Å². The zero-order valence-corrected chi connectivity index (χ0v) is 38.6. The number of aliphatic hydroxyl groups is 1. The number of aliphatic hydroxyl groups excluding tert-OH is 1.